The van der Waals surface area contributed by atoms with E-state index in [1.807, 2.05) is 0 Å². The Balaban J connectivity index is 2.56. The zero-order valence-electron chi connectivity index (χ0n) is 13.7. The highest BCUT2D eigenvalue weighted by Crippen LogP contribution is 2.23. The number of carbonyl (C=O) groups is 1. The second-order valence-electron chi connectivity index (χ2n) is 5.33. The first kappa shape index (κ1) is 17.0. The lowest BCUT2D eigenvalue weighted by Crippen LogP contribution is -2.38. The van der Waals surface area contributed by atoms with Crippen molar-refractivity contribution in [1.29, 1.82) is 5.26 Å². The molecule has 0 aliphatic rings. The Labute approximate surface area is 137 Å². The van der Waals surface area contributed by atoms with Gasteiger partial charge in [-0.15, -0.1) is 0 Å². The van der Waals surface area contributed by atoms with Crippen LogP contribution in [0.4, 0.5) is 0 Å². The molecule has 1 aromatic carbocycles. The predicted molar refractivity (Wildman–Crippen MR) is 86.2 cm³/mol. The van der Waals surface area contributed by atoms with Gasteiger partial charge in [0.15, 0.2) is 5.56 Å². The normalized spacial score (nSPS) is 10.1. The van der Waals surface area contributed by atoms with Crippen LogP contribution in [0.25, 0.3) is 0 Å². The molecular weight excluding hydrogens is 312 g/mol. The van der Waals surface area contributed by atoms with Crippen LogP contribution in [-0.2, 0) is 14.1 Å². The Kier molecular flexibility index (Phi) is 4.55. The number of hydrogen-bond acceptors (Lipinski definition) is 5. The van der Waals surface area contributed by atoms with E-state index in [-0.39, 0.29) is 23.1 Å². The first-order valence-corrected chi connectivity index (χ1v) is 6.97. The molecule has 0 spiro atoms. The highest BCUT2D eigenvalue weighted by Gasteiger charge is 2.18. The molecule has 0 atom stereocenters. The lowest BCUT2D eigenvalue weighted by atomic mass is 10.2. The van der Waals surface area contributed by atoms with Gasteiger partial charge in [-0.05, 0) is 18.2 Å². The number of hydrogen-bond donors (Lipinski definition) is 0. The third kappa shape index (κ3) is 2.92. The third-order valence-electron chi connectivity index (χ3n) is 3.42. The van der Waals surface area contributed by atoms with Crippen molar-refractivity contribution in [1.82, 2.24) is 14.0 Å². The fraction of sp³-hybridized carbons (Fsp3) is 0.250. The van der Waals surface area contributed by atoms with Crippen molar-refractivity contribution >= 4 is 5.91 Å². The molecule has 24 heavy (non-hydrogen) atoms. The van der Waals surface area contributed by atoms with Gasteiger partial charge in [-0.25, -0.2) is 4.79 Å². The van der Waals surface area contributed by atoms with Gasteiger partial charge in [0.05, 0.1) is 0 Å². The number of rotatable bonds is 3. The predicted octanol–water partition coefficient (Wildman–Crippen LogP) is 0.450. The first-order valence-electron chi connectivity index (χ1n) is 6.97. The Hall–Kier alpha value is -3.34. The van der Waals surface area contributed by atoms with Crippen molar-refractivity contribution in [2.45, 2.75) is 0 Å². The molecule has 2 aromatic rings. The van der Waals surface area contributed by atoms with Gasteiger partial charge in [-0.2, -0.15) is 5.26 Å². The average molecular weight is 328 g/mol. The summed E-state index contributed by atoms with van der Waals surface area (Å²) in [6.07, 6.45) is 0. The van der Waals surface area contributed by atoms with Crippen molar-refractivity contribution in [3.8, 4) is 17.7 Å². The largest absolute Gasteiger partial charge is 0.439 e. The number of nitriles is 1. The van der Waals surface area contributed by atoms with E-state index in [1.165, 1.54) is 25.1 Å². The van der Waals surface area contributed by atoms with Crippen molar-refractivity contribution in [3.63, 3.8) is 0 Å². The summed E-state index contributed by atoms with van der Waals surface area (Å²) in [6, 6.07) is 8.02. The topological polar surface area (TPSA) is 97.3 Å². The second-order valence-corrected chi connectivity index (χ2v) is 5.33. The van der Waals surface area contributed by atoms with Crippen LogP contribution in [-0.4, -0.2) is 34.0 Å². The van der Waals surface area contributed by atoms with E-state index in [1.54, 1.807) is 38.4 Å². The smallest absolute Gasteiger partial charge is 0.333 e. The summed E-state index contributed by atoms with van der Waals surface area (Å²) in [6.45, 7) is 0. The highest BCUT2D eigenvalue weighted by molar-refractivity contribution is 5.94. The highest BCUT2D eigenvalue weighted by atomic mass is 16.5. The van der Waals surface area contributed by atoms with Gasteiger partial charge in [-0.1, -0.05) is 6.07 Å². The Morgan fingerprint density at radius 2 is 1.88 bits per heavy atom. The van der Waals surface area contributed by atoms with Gasteiger partial charge in [0, 0.05) is 33.8 Å². The van der Waals surface area contributed by atoms with Crippen molar-refractivity contribution in [3.05, 3.63) is 56.2 Å². The van der Waals surface area contributed by atoms with Crippen LogP contribution in [0.15, 0.2) is 33.9 Å². The molecule has 0 saturated carbocycles. The molecular formula is C16H16N4O4. The molecule has 8 nitrogen and oxygen atoms in total. The maximum absolute atomic E-state index is 12.0. The summed E-state index contributed by atoms with van der Waals surface area (Å²) in [5.41, 5.74) is -1.26. The van der Waals surface area contributed by atoms with E-state index in [4.69, 9.17) is 4.74 Å². The number of amides is 1. The van der Waals surface area contributed by atoms with E-state index < -0.39 is 11.2 Å². The molecule has 8 heteroatoms. The molecule has 1 heterocycles. The molecule has 0 radical (unpaired) electrons. The minimum Gasteiger partial charge on any atom is -0.439 e. The minimum absolute atomic E-state index is 0.167. The van der Waals surface area contributed by atoms with Gasteiger partial charge in [-0.3, -0.25) is 18.7 Å². The monoisotopic (exact) mass is 328 g/mol. The van der Waals surface area contributed by atoms with E-state index in [2.05, 4.69) is 0 Å². The van der Waals surface area contributed by atoms with Crippen LogP contribution in [0.1, 0.15) is 15.9 Å². The molecule has 0 fully saturated rings. The summed E-state index contributed by atoms with van der Waals surface area (Å²) in [5.74, 6) is -0.152. The average Bonchev–Trinajstić information content (AvgIpc) is 2.57. The molecule has 1 amide bonds. The van der Waals surface area contributed by atoms with Gasteiger partial charge in [0.25, 0.3) is 11.5 Å². The maximum atomic E-state index is 12.0. The molecule has 0 bridgehead atoms. The Morgan fingerprint density at radius 1 is 1.21 bits per heavy atom. The molecule has 2 rings (SSSR count). The summed E-state index contributed by atoms with van der Waals surface area (Å²) in [5, 5.41) is 9.21. The van der Waals surface area contributed by atoms with Crippen LogP contribution in [0.3, 0.4) is 0 Å². The van der Waals surface area contributed by atoms with E-state index in [0.29, 0.717) is 5.56 Å². The van der Waals surface area contributed by atoms with Gasteiger partial charge in [0.2, 0.25) is 5.88 Å². The zero-order chi connectivity index (χ0) is 18.0. The fourth-order valence-electron chi connectivity index (χ4n) is 2.10. The number of ether oxygens (including phenoxy) is 1. The van der Waals surface area contributed by atoms with E-state index >= 15 is 0 Å². The SMILES string of the molecule is CN(C)C(=O)c1cccc(Oc2c(C#N)c(=O)n(C)c(=O)n2C)c1. The molecule has 0 unspecified atom stereocenters. The number of aromatic nitrogens is 2. The Morgan fingerprint density at radius 3 is 2.46 bits per heavy atom. The van der Waals surface area contributed by atoms with Crippen molar-refractivity contribution in [2.24, 2.45) is 14.1 Å². The standard InChI is InChI=1S/C16H16N4O4/c1-18(2)13(21)10-6-5-7-11(8-10)24-15-12(9-17)14(22)19(3)16(23)20(15)4/h5-8H,1-4H3. The zero-order valence-corrected chi connectivity index (χ0v) is 13.7. The lowest BCUT2D eigenvalue weighted by Gasteiger charge is -2.14. The van der Waals surface area contributed by atoms with Gasteiger partial charge in [0.1, 0.15) is 11.8 Å². The maximum Gasteiger partial charge on any atom is 0.333 e. The molecule has 124 valence electrons. The molecule has 0 aliphatic heterocycles. The van der Waals surface area contributed by atoms with Crippen LogP contribution >= 0.6 is 0 Å². The quantitative estimate of drug-likeness (QED) is 0.815. The fourth-order valence-corrected chi connectivity index (χ4v) is 2.10. The van der Waals surface area contributed by atoms with Crippen LogP contribution in [0.2, 0.25) is 0 Å². The van der Waals surface area contributed by atoms with Crippen molar-refractivity contribution < 1.29 is 9.53 Å². The summed E-state index contributed by atoms with van der Waals surface area (Å²) in [4.78, 5) is 37.5. The summed E-state index contributed by atoms with van der Waals surface area (Å²) >= 11 is 0. The first-order chi connectivity index (χ1) is 11.3. The number of carbonyl (C=O) groups excluding carboxylic acids is 1. The summed E-state index contributed by atoms with van der Waals surface area (Å²) < 4.78 is 7.48. The van der Waals surface area contributed by atoms with Crippen LogP contribution < -0.4 is 16.0 Å². The number of benzene rings is 1. The molecule has 1 aromatic heterocycles. The Bertz CT molecular complexity index is 964. The van der Waals surface area contributed by atoms with Gasteiger partial charge >= 0.3 is 5.69 Å². The van der Waals surface area contributed by atoms with Crippen molar-refractivity contribution in [2.75, 3.05) is 14.1 Å². The summed E-state index contributed by atoms with van der Waals surface area (Å²) in [7, 11) is 5.92. The van der Waals surface area contributed by atoms with Gasteiger partial charge < -0.3 is 9.64 Å². The van der Waals surface area contributed by atoms with E-state index in [0.717, 1.165) is 9.13 Å². The minimum atomic E-state index is -0.740. The number of nitrogens with zero attached hydrogens (tertiary/aromatic N) is 4. The third-order valence-corrected chi connectivity index (χ3v) is 3.42. The molecule has 0 aliphatic carbocycles. The van der Waals surface area contributed by atoms with Crippen LogP contribution in [0.5, 0.6) is 11.6 Å². The molecule has 0 saturated heterocycles. The molecule has 0 N–H and O–H groups in total. The second kappa shape index (κ2) is 6.42. The van der Waals surface area contributed by atoms with Crippen LogP contribution in [0, 0.1) is 11.3 Å². The van der Waals surface area contributed by atoms with E-state index in [9.17, 15) is 19.6 Å². The lowest BCUT2D eigenvalue weighted by molar-refractivity contribution is 0.0827.